The monoisotopic (exact) mass is 393 g/mol. The van der Waals surface area contributed by atoms with E-state index in [9.17, 15) is 19.5 Å². The van der Waals surface area contributed by atoms with Gasteiger partial charge in [-0.05, 0) is 30.2 Å². The van der Waals surface area contributed by atoms with E-state index in [2.05, 4.69) is 10.6 Å². The number of rotatable bonds is 6. The first-order valence-electron chi connectivity index (χ1n) is 9.67. The third-order valence-electron chi connectivity index (χ3n) is 5.79. The average Bonchev–Trinajstić information content (AvgIpc) is 3.22. The maximum Gasteiger partial charge on any atom is 0.321 e. The highest BCUT2D eigenvalue weighted by Crippen LogP contribution is 2.44. The van der Waals surface area contributed by atoms with Crippen molar-refractivity contribution in [3.05, 3.63) is 65.7 Å². The number of imide groups is 1. The minimum absolute atomic E-state index is 0.201. The quantitative estimate of drug-likeness (QED) is 0.648. The van der Waals surface area contributed by atoms with E-state index in [1.807, 2.05) is 61.5 Å². The number of fused-ring (bicyclic) bond motifs is 1. The van der Waals surface area contributed by atoms with Crippen molar-refractivity contribution in [1.82, 2.24) is 10.2 Å². The van der Waals surface area contributed by atoms with Crippen molar-refractivity contribution < 1.29 is 19.5 Å². The number of amides is 2. The number of nitrogens with one attached hydrogen (secondary N) is 2. The lowest BCUT2D eigenvalue weighted by Crippen LogP contribution is -2.44. The number of carbonyl (C=O) groups excluding carboxylic acids is 2. The summed E-state index contributed by atoms with van der Waals surface area (Å²) in [5.41, 5.74) is 2.71. The van der Waals surface area contributed by atoms with E-state index in [0.717, 1.165) is 16.8 Å². The maximum atomic E-state index is 13.1. The standard InChI is InChI=1S/C22H23N3O4/c1-13-7-5-6-10-15(13)18-16-17(19(24-18)22(28)29)21(27)25(20(16)26)12-11-23-14-8-3-2-4-9-14/h2-10,16-19,23-24H,11-12H2,1H3,(H,28,29). The molecule has 7 heteroatoms. The van der Waals surface area contributed by atoms with E-state index in [-0.39, 0.29) is 12.5 Å². The third kappa shape index (κ3) is 3.38. The summed E-state index contributed by atoms with van der Waals surface area (Å²) in [5, 5.41) is 15.9. The van der Waals surface area contributed by atoms with Crippen molar-refractivity contribution in [3.63, 3.8) is 0 Å². The molecule has 4 atom stereocenters. The summed E-state index contributed by atoms with van der Waals surface area (Å²) >= 11 is 0. The van der Waals surface area contributed by atoms with E-state index < -0.39 is 35.8 Å². The van der Waals surface area contributed by atoms with Crippen LogP contribution >= 0.6 is 0 Å². The second-order valence-corrected chi connectivity index (χ2v) is 7.49. The lowest BCUT2D eigenvalue weighted by atomic mass is 9.85. The zero-order valence-corrected chi connectivity index (χ0v) is 16.0. The van der Waals surface area contributed by atoms with Crippen molar-refractivity contribution in [1.29, 1.82) is 0 Å². The molecule has 0 spiro atoms. The number of hydrogen-bond donors (Lipinski definition) is 3. The molecule has 7 nitrogen and oxygen atoms in total. The van der Waals surface area contributed by atoms with Crippen molar-refractivity contribution >= 4 is 23.5 Å². The maximum absolute atomic E-state index is 13.1. The SMILES string of the molecule is Cc1ccccc1C1NC(C(=O)O)C2C(=O)N(CCNc3ccccc3)C(=O)C12. The highest BCUT2D eigenvalue weighted by atomic mass is 16.4. The molecule has 2 fully saturated rings. The molecule has 150 valence electrons. The minimum atomic E-state index is -1.11. The Labute approximate surface area is 168 Å². The van der Waals surface area contributed by atoms with Gasteiger partial charge in [0.2, 0.25) is 11.8 Å². The van der Waals surface area contributed by atoms with Crippen LogP contribution in [0.2, 0.25) is 0 Å². The van der Waals surface area contributed by atoms with Crippen LogP contribution in [0.1, 0.15) is 17.2 Å². The van der Waals surface area contributed by atoms with E-state index >= 15 is 0 Å². The number of para-hydroxylation sites is 1. The predicted molar refractivity (Wildman–Crippen MR) is 107 cm³/mol. The zero-order chi connectivity index (χ0) is 20.5. The van der Waals surface area contributed by atoms with Gasteiger partial charge in [0.1, 0.15) is 6.04 Å². The molecule has 2 aromatic rings. The van der Waals surface area contributed by atoms with Gasteiger partial charge in [0.05, 0.1) is 11.8 Å². The molecule has 0 aliphatic carbocycles. The van der Waals surface area contributed by atoms with Gasteiger partial charge in [-0.3, -0.25) is 24.6 Å². The molecule has 2 aliphatic rings. The Balaban J connectivity index is 1.56. The number of hydrogen-bond acceptors (Lipinski definition) is 5. The smallest absolute Gasteiger partial charge is 0.321 e. The molecular formula is C22H23N3O4. The van der Waals surface area contributed by atoms with Crippen LogP contribution in [0.4, 0.5) is 5.69 Å². The van der Waals surface area contributed by atoms with Crippen LogP contribution in [-0.4, -0.2) is 46.9 Å². The molecule has 29 heavy (non-hydrogen) atoms. The molecule has 2 aromatic carbocycles. The van der Waals surface area contributed by atoms with Crippen molar-refractivity contribution in [2.24, 2.45) is 11.8 Å². The summed E-state index contributed by atoms with van der Waals surface area (Å²) in [6, 6.07) is 15.5. The fourth-order valence-corrected chi connectivity index (χ4v) is 4.41. The van der Waals surface area contributed by atoms with Gasteiger partial charge in [0.25, 0.3) is 0 Å². The Morgan fingerprint density at radius 1 is 1.03 bits per heavy atom. The largest absolute Gasteiger partial charge is 0.480 e. The molecular weight excluding hydrogens is 370 g/mol. The van der Waals surface area contributed by atoms with Gasteiger partial charge in [0, 0.05) is 24.8 Å². The summed E-state index contributed by atoms with van der Waals surface area (Å²) in [6.45, 7) is 2.52. The van der Waals surface area contributed by atoms with Gasteiger partial charge in [-0.25, -0.2) is 0 Å². The number of carboxylic acid groups (broad SMARTS) is 1. The number of carbonyl (C=O) groups is 3. The van der Waals surface area contributed by atoms with Gasteiger partial charge in [-0.1, -0.05) is 42.5 Å². The Morgan fingerprint density at radius 3 is 2.38 bits per heavy atom. The van der Waals surface area contributed by atoms with E-state index in [1.54, 1.807) is 0 Å². The van der Waals surface area contributed by atoms with Crippen LogP contribution in [0.25, 0.3) is 0 Å². The predicted octanol–water partition coefficient (Wildman–Crippen LogP) is 1.81. The lowest BCUT2D eigenvalue weighted by molar-refractivity contribution is -0.146. The molecule has 3 N–H and O–H groups in total. The number of aryl methyl sites for hydroxylation is 1. The molecule has 0 radical (unpaired) electrons. The number of likely N-dealkylation sites (tertiary alicyclic amines) is 1. The minimum Gasteiger partial charge on any atom is -0.480 e. The Hall–Kier alpha value is -3.19. The molecule has 4 unspecified atom stereocenters. The van der Waals surface area contributed by atoms with Crippen molar-refractivity contribution in [2.45, 2.75) is 19.0 Å². The van der Waals surface area contributed by atoms with E-state index in [0.29, 0.717) is 6.54 Å². The van der Waals surface area contributed by atoms with Crippen LogP contribution in [0, 0.1) is 18.8 Å². The fourth-order valence-electron chi connectivity index (χ4n) is 4.41. The first-order chi connectivity index (χ1) is 14.0. The highest BCUT2D eigenvalue weighted by Gasteiger charge is 2.60. The topological polar surface area (TPSA) is 98.7 Å². The van der Waals surface area contributed by atoms with Crippen molar-refractivity contribution in [2.75, 3.05) is 18.4 Å². The van der Waals surface area contributed by atoms with Crippen LogP contribution in [0.5, 0.6) is 0 Å². The Kier molecular flexibility index (Phi) is 5.07. The van der Waals surface area contributed by atoms with Gasteiger partial charge >= 0.3 is 5.97 Å². The van der Waals surface area contributed by atoms with E-state index in [4.69, 9.17) is 0 Å². The summed E-state index contributed by atoms with van der Waals surface area (Å²) in [6.07, 6.45) is 0. The van der Waals surface area contributed by atoms with Crippen LogP contribution in [0.15, 0.2) is 54.6 Å². The zero-order valence-electron chi connectivity index (χ0n) is 16.0. The van der Waals surface area contributed by atoms with Gasteiger partial charge in [-0.2, -0.15) is 0 Å². The molecule has 2 amide bonds. The number of aliphatic carboxylic acids is 1. The van der Waals surface area contributed by atoms with Gasteiger partial charge in [0.15, 0.2) is 0 Å². The first-order valence-corrected chi connectivity index (χ1v) is 9.67. The first kappa shape index (κ1) is 19.1. The van der Waals surface area contributed by atoms with Crippen molar-refractivity contribution in [3.8, 4) is 0 Å². The Morgan fingerprint density at radius 2 is 1.69 bits per heavy atom. The summed E-state index contributed by atoms with van der Waals surface area (Å²) in [7, 11) is 0. The fraction of sp³-hybridized carbons (Fsp3) is 0.318. The molecule has 2 saturated heterocycles. The van der Waals surface area contributed by atoms with Gasteiger partial charge in [-0.15, -0.1) is 0 Å². The lowest BCUT2D eigenvalue weighted by Gasteiger charge is -2.22. The average molecular weight is 393 g/mol. The molecule has 2 aliphatic heterocycles. The highest BCUT2D eigenvalue weighted by molar-refractivity contribution is 6.08. The molecule has 2 heterocycles. The number of carboxylic acids is 1. The normalized spacial score (nSPS) is 25.9. The summed E-state index contributed by atoms with van der Waals surface area (Å²) in [5.74, 6) is -3.42. The van der Waals surface area contributed by atoms with Crippen LogP contribution in [-0.2, 0) is 14.4 Å². The second-order valence-electron chi connectivity index (χ2n) is 7.49. The molecule has 0 aromatic heterocycles. The summed E-state index contributed by atoms with van der Waals surface area (Å²) < 4.78 is 0. The number of nitrogens with zero attached hydrogens (tertiary/aromatic N) is 1. The number of anilines is 1. The third-order valence-corrected chi connectivity index (χ3v) is 5.79. The summed E-state index contributed by atoms with van der Waals surface area (Å²) in [4.78, 5) is 39.2. The Bertz CT molecular complexity index is 946. The van der Waals surface area contributed by atoms with E-state index in [1.165, 1.54) is 4.90 Å². The number of benzene rings is 2. The van der Waals surface area contributed by atoms with Crippen LogP contribution < -0.4 is 10.6 Å². The molecule has 0 saturated carbocycles. The van der Waals surface area contributed by atoms with Gasteiger partial charge < -0.3 is 10.4 Å². The second kappa shape index (κ2) is 7.67. The molecule has 4 rings (SSSR count). The van der Waals surface area contributed by atoms with Crippen LogP contribution in [0.3, 0.4) is 0 Å². The molecule has 0 bridgehead atoms.